The summed E-state index contributed by atoms with van der Waals surface area (Å²) in [6, 6.07) is 16.5. The maximum atomic E-state index is 12.3. The van der Waals surface area contributed by atoms with Gasteiger partial charge in [-0.05, 0) is 67.5 Å². The monoisotopic (exact) mass is 399 g/mol. The summed E-state index contributed by atoms with van der Waals surface area (Å²) in [4.78, 5) is 12.3. The van der Waals surface area contributed by atoms with Gasteiger partial charge in [-0.1, -0.05) is 35.9 Å². The van der Waals surface area contributed by atoms with Gasteiger partial charge in [-0.2, -0.15) is 0 Å². The number of nitrogens with one attached hydrogen (secondary N) is 3. The van der Waals surface area contributed by atoms with Crippen LogP contribution in [0.25, 0.3) is 11.3 Å². The molecule has 5 nitrogen and oxygen atoms in total. The maximum absolute atomic E-state index is 12.3. The summed E-state index contributed by atoms with van der Waals surface area (Å²) in [7, 11) is 0. The molecule has 3 rings (SSSR count). The minimum Gasteiger partial charge on any atom is -0.451 e. The van der Waals surface area contributed by atoms with Gasteiger partial charge in [0.25, 0.3) is 0 Å². The van der Waals surface area contributed by atoms with Crippen LogP contribution in [0.4, 0.5) is 5.69 Å². The number of carbonyl (C=O) groups is 1. The average Bonchev–Trinajstić information content (AvgIpc) is 3.13. The molecule has 1 amide bonds. The number of anilines is 1. The topological polar surface area (TPSA) is 66.3 Å². The van der Waals surface area contributed by atoms with Gasteiger partial charge in [0.2, 0.25) is 0 Å². The summed E-state index contributed by atoms with van der Waals surface area (Å²) >= 11 is 11.2. The van der Waals surface area contributed by atoms with Crippen molar-refractivity contribution in [3.8, 4) is 11.3 Å². The lowest BCUT2D eigenvalue weighted by atomic mass is 10.1. The molecule has 0 unspecified atom stereocenters. The average molecular weight is 400 g/mol. The standard InChI is InChI=1S/C20H18ClN3O2S/c1-12-6-7-13(2)16(10-12)22-20(27)24-23-19(25)18-9-8-17(26-18)14-4-3-5-15(21)11-14/h3-11H,1-2H3,(H,23,25)(H2,22,24,27). The van der Waals surface area contributed by atoms with Crippen LogP contribution in [-0.2, 0) is 0 Å². The number of amides is 1. The first-order valence-electron chi connectivity index (χ1n) is 8.23. The first-order valence-corrected chi connectivity index (χ1v) is 9.01. The highest BCUT2D eigenvalue weighted by atomic mass is 35.5. The smallest absolute Gasteiger partial charge is 0.305 e. The Balaban J connectivity index is 1.59. The number of hydrogen-bond acceptors (Lipinski definition) is 3. The molecule has 0 saturated heterocycles. The first-order chi connectivity index (χ1) is 12.9. The van der Waals surface area contributed by atoms with E-state index in [9.17, 15) is 4.79 Å². The number of aryl methyl sites for hydroxylation is 2. The summed E-state index contributed by atoms with van der Waals surface area (Å²) in [6.07, 6.45) is 0. The number of rotatable bonds is 3. The van der Waals surface area contributed by atoms with Crippen molar-refractivity contribution in [1.29, 1.82) is 0 Å². The van der Waals surface area contributed by atoms with E-state index in [0.29, 0.717) is 10.8 Å². The molecule has 138 valence electrons. The number of thiocarbonyl (C=S) groups is 1. The van der Waals surface area contributed by atoms with E-state index in [1.54, 1.807) is 24.3 Å². The molecule has 0 bridgehead atoms. The molecule has 2 aromatic carbocycles. The van der Waals surface area contributed by atoms with Gasteiger partial charge in [0.15, 0.2) is 10.9 Å². The predicted molar refractivity (Wildman–Crippen MR) is 112 cm³/mol. The van der Waals surface area contributed by atoms with Crippen LogP contribution in [0, 0.1) is 13.8 Å². The molecule has 1 heterocycles. The lowest BCUT2D eigenvalue weighted by Crippen LogP contribution is -2.43. The molecule has 0 atom stereocenters. The Labute approximate surface area is 167 Å². The van der Waals surface area contributed by atoms with Crippen LogP contribution < -0.4 is 16.2 Å². The second kappa shape index (κ2) is 8.24. The largest absolute Gasteiger partial charge is 0.451 e. The molecule has 3 N–H and O–H groups in total. The van der Waals surface area contributed by atoms with Gasteiger partial charge in [-0.25, -0.2) is 0 Å². The number of halogens is 1. The second-order valence-electron chi connectivity index (χ2n) is 6.03. The number of hydrazine groups is 1. The normalized spacial score (nSPS) is 10.3. The molecule has 0 aliphatic heterocycles. The van der Waals surface area contributed by atoms with Crippen LogP contribution >= 0.6 is 23.8 Å². The lowest BCUT2D eigenvalue weighted by Gasteiger charge is -2.13. The third-order valence-corrected chi connectivity index (χ3v) is 4.31. The summed E-state index contributed by atoms with van der Waals surface area (Å²) in [6.45, 7) is 3.97. The zero-order valence-electron chi connectivity index (χ0n) is 14.8. The molecule has 0 aliphatic carbocycles. The fourth-order valence-electron chi connectivity index (χ4n) is 2.46. The van der Waals surface area contributed by atoms with E-state index in [1.165, 1.54) is 0 Å². The molecule has 3 aromatic rings. The summed E-state index contributed by atoms with van der Waals surface area (Å²) < 4.78 is 5.60. The minimum atomic E-state index is -0.437. The van der Waals surface area contributed by atoms with Crippen LogP contribution in [0.5, 0.6) is 0 Å². The molecule has 7 heteroatoms. The van der Waals surface area contributed by atoms with E-state index in [-0.39, 0.29) is 10.9 Å². The number of hydrogen-bond donors (Lipinski definition) is 3. The van der Waals surface area contributed by atoms with Crippen LogP contribution in [0.15, 0.2) is 59.0 Å². The number of furan rings is 1. The first kappa shape index (κ1) is 18.9. The van der Waals surface area contributed by atoms with E-state index in [2.05, 4.69) is 16.2 Å². The van der Waals surface area contributed by atoms with Gasteiger partial charge in [0.1, 0.15) is 5.76 Å². The van der Waals surface area contributed by atoms with Gasteiger partial charge in [-0.15, -0.1) is 0 Å². The molecule has 27 heavy (non-hydrogen) atoms. The summed E-state index contributed by atoms with van der Waals surface area (Å²) in [5.41, 5.74) is 9.02. The molecule has 0 saturated carbocycles. The van der Waals surface area contributed by atoms with Gasteiger partial charge in [0.05, 0.1) is 0 Å². The quantitative estimate of drug-likeness (QED) is 0.434. The van der Waals surface area contributed by atoms with E-state index in [4.69, 9.17) is 28.2 Å². The SMILES string of the molecule is Cc1ccc(C)c(NC(=S)NNC(=O)c2ccc(-c3cccc(Cl)c3)o2)c1. The van der Waals surface area contributed by atoms with Crippen molar-refractivity contribution in [2.45, 2.75) is 13.8 Å². The van der Waals surface area contributed by atoms with Crippen LogP contribution in [0.3, 0.4) is 0 Å². The predicted octanol–water partition coefficient (Wildman–Crippen LogP) is 4.85. The van der Waals surface area contributed by atoms with E-state index in [1.807, 2.05) is 44.2 Å². The van der Waals surface area contributed by atoms with Crippen molar-refractivity contribution in [2.24, 2.45) is 0 Å². The molecule has 1 aromatic heterocycles. The van der Waals surface area contributed by atoms with Crippen LogP contribution in [-0.4, -0.2) is 11.0 Å². The van der Waals surface area contributed by atoms with Crippen LogP contribution in [0.2, 0.25) is 5.02 Å². The summed E-state index contributed by atoms with van der Waals surface area (Å²) in [5, 5.41) is 3.93. The second-order valence-corrected chi connectivity index (χ2v) is 6.87. The number of benzene rings is 2. The fourth-order valence-corrected chi connectivity index (χ4v) is 2.81. The molecular weight excluding hydrogens is 382 g/mol. The number of carbonyl (C=O) groups excluding carboxylic acids is 1. The highest BCUT2D eigenvalue weighted by Crippen LogP contribution is 2.24. The Bertz CT molecular complexity index is 1000. The Kier molecular flexibility index (Phi) is 5.78. The Hall–Kier alpha value is -2.83. The Morgan fingerprint density at radius 1 is 1.04 bits per heavy atom. The minimum absolute atomic E-state index is 0.159. The van der Waals surface area contributed by atoms with E-state index < -0.39 is 5.91 Å². The Morgan fingerprint density at radius 2 is 1.85 bits per heavy atom. The third kappa shape index (κ3) is 4.87. The zero-order chi connectivity index (χ0) is 19.4. The van der Waals surface area contributed by atoms with Crippen molar-refractivity contribution in [3.05, 3.63) is 76.5 Å². The van der Waals surface area contributed by atoms with Crippen molar-refractivity contribution in [3.63, 3.8) is 0 Å². The highest BCUT2D eigenvalue weighted by Gasteiger charge is 2.13. The van der Waals surface area contributed by atoms with Crippen molar-refractivity contribution < 1.29 is 9.21 Å². The highest BCUT2D eigenvalue weighted by molar-refractivity contribution is 7.80. The van der Waals surface area contributed by atoms with Crippen LogP contribution in [0.1, 0.15) is 21.7 Å². The molecule has 0 fully saturated rings. The molecular formula is C20H18ClN3O2S. The fraction of sp³-hybridized carbons (Fsp3) is 0.100. The molecule has 0 aliphatic rings. The van der Waals surface area contributed by atoms with Gasteiger partial charge in [-0.3, -0.25) is 15.6 Å². The van der Waals surface area contributed by atoms with Crippen molar-refractivity contribution in [2.75, 3.05) is 5.32 Å². The third-order valence-electron chi connectivity index (χ3n) is 3.87. The molecule has 0 spiro atoms. The van der Waals surface area contributed by atoms with Gasteiger partial charge >= 0.3 is 5.91 Å². The van der Waals surface area contributed by atoms with Gasteiger partial charge < -0.3 is 9.73 Å². The van der Waals surface area contributed by atoms with Crippen molar-refractivity contribution in [1.82, 2.24) is 10.9 Å². The van der Waals surface area contributed by atoms with Gasteiger partial charge in [0, 0.05) is 16.3 Å². The lowest BCUT2D eigenvalue weighted by molar-refractivity contribution is 0.0917. The Morgan fingerprint density at radius 3 is 2.63 bits per heavy atom. The summed E-state index contributed by atoms with van der Waals surface area (Å²) in [5.74, 6) is 0.277. The van der Waals surface area contributed by atoms with Crippen molar-refractivity contribution >= 4 is 40.5 Å². The van der Waals surface area contributed by atoms with E-state index in [0.717, 1.165) is 22.4 Å². The zero-order valence-corrected chi connectivity index (χ0v) is 16.4. The molecule has 0 radical (unpaired) electrons. The van der Waals surface area contributed by atoms with E-state index >= 15 is 0 Å². The maximum Gasteiger partial charge on any atom is 0.305 e.